The Balaban J connectivity index is 3.12. The molecule has 0 saturated heterocycles. The van der Waals surface area contributed by atoms with Gasteiger partial charge in [0.15, 0.2) is 5.69 Å². The summed E-state index contributed by atoms with van der Waals surface area (Å²) >= 11 is 0. The lowest BCUT2D eigenvalue weighted by Gasteiger charge is -2.26. The van der Waals surface area contributed by atoms with E-state index in [0.717, 1.165) is 0 Å². The number of nitrogens with two attached hydrogens (primary N) is 2. The molecule has 0 saturated carbocycles. The minimum absolute atomic E-state index is 0.0324. The minimum Gasteiger partial charge on any atom is -0.464 e. The van der Waals surface area contributed by atoms with E-state index in [9.17, 15) is 9.59 Å². The van der Waals surface area contributed by atoms with Crippen molar-refractivity contribution in [2.75, 3.05) is 12.8 Å². The van der Waals surface area contributed by atoms with Gasteiger partial charge in [-0.2, -0.15) is 0 Å². The van der Waals surface area contributed by atoms with Crippen LogP contribution in [0.15, 0.2) is 6.33 Å². The normalized spacial score (nSPS) is 11.2. The highest BCUT2D eigenvalue weighted by molar-refractivity contribution is 5.92. The number of ether oxygens (including phenoxy) is 1. The van der Waals surface area contributed by atoms with Crippen LogP contribution in [0.25, 0.3) is 0 Å². The summed E-state index contributed by atoms with van der Waals surface area (Å²) in [6.07, 6.45) is 1.48. The lowest BCUT2D eigenvalue weighted by atomic mass is 10.00. The minimum atomic E-state index is -0.644. The van der Waals surface area contributed by atoms with Crippen molar-refractivity contribution >= 4 is 17.7 Å². The molecule has 0 unspecified atom stereocenters. The first-order valence-electron chi connectivity index (χ1n) is 4.99. The lowest BCUT2D eigenvalue weighted by molar-refractivity contribution is -0.119. The number of hydrogen-bond donors (Lipinski definition) is 2. The Morgan fingerprint density at radius 1 is 1.53 bits per heavy atom. The predicted octanol–water partition coefficient (Wildman–Crippen LogP) is -0.138. The molecular weight excluding hydrogens is 224 g/mol. The molecule has 1 amide bonds. The van der Waals surface area contributed by atoms with Crippen LogP contribution < -0.4 is 11.5 Å². The molecule has 1 rings (SSSR count). The molecule has 0 bridgehead atoms. The maximum Gasteiger partial charge on any atom is 0.360 e. The predicted molar refractivity (Wildman–Crippen MR) is 61.1 cm³/mol. The largest absolute Gasteiger partial charge is 0.464 e. The number of imidazole rings is 1. The summed E-state index contributed by atoms with van der Waals surface area (Å²) in [4.78, 5) is 26.2. The van der Waals surface area contributed by atoms with Crippen molar-refractivity contribution < 1.29 is 14.3 Å². The second-order valence-electron chi connectivity index (χ2n) is 4.30. The van der Waals surface area contributed by atoms with Gasteiger partial charge >= 0.3 is 5.97 Å². The number of carbonyl (C=O) groups excluding carboxylic acids is 2. The molecule has 0 spiro atoms. The SMILES string of the molecule is COC(=O)c1ncn(C(C)(C)CC(N)=O)c1N. The van der Waals surface area contributed by atoms with Gasteiger partial charge in [-0.3, -0.25) is 4.79 Å². The van der Waals surface area contributed by atoms with Crippen molar-refractivity contribution in [1.29, 1.82) is 0 Å². The molecule has 0 radical (unpaired) electrons. The number of primary amides is 1. The first-order chi connectivity index (χ1) is 7.79. The van der Waals surface area contributed by atoms with Crippen molar-refractivity contribution in [1.82, 2.24) is 9.55 Å². The topological polar surface area (TPSA) is 113 Å². The Morgan fingerprint density at radius 3 is 2.59 bits per heavy atom. The number of rotatable bonds is 4. The van der Waals surface area contributed by atoms with Crippen molar-refractivity contribution in [2.45, 2.75) is 25.8 Å². The summed E-state index contributed by atoms with van der Waals surface area (Å²) in [7, 11) is 1.25. The monoisotopic (exact) mass is 240 g/mol. The van der Waals surface area contributed by atoms with E-state index in [0.29, 0.717) is 0 Å². The van der Waals surface area contributed by atoms with E-state index in [1.165, 1.54) is 18.0 Å². The molecular formula is C10H16N4O3. The van der Waals surface area contributed by atoms with Crippen LogP contribution in [0.1, 0.15) is 30.8 Å². The molecule has 0 aliphatic carbocycles. The van der Waals surface area contributed by atoms with Crippen LogP contribution in [-0.4, -0.2) is 28.5 Å². The van der Waals surface area contributed by atoms with Crippen LogP contribution in [0, 0.1) is 0 Å². The number of aromatic nitrogens is 2. The standard InChI is InChI=1S/C10H16N4O3/c1-10(2,4-6(11)15)14-5-13-7(8(14)12)9(16)17-3/h5H,4,12H2,1-3H3,(H2,11,15). The van der Waals surface area contributed by atoms with Gasteiger partial charge in [-0.25, -0.2) is 9.78 Å². The van der Waals surface area contributed by atoms with Gasteiger partial charge in [0.1, 0.15) is 5.82 Å². The summed E-state index contributed by atoms with van der Waals surface area (Å²) in [5.74, 6) is -0.915. The van der Waals surface area contributed by atoms with Crippen LogP contribution in [0.2, 0.25) is 0 Å². The summed E-state index contributed by atoms with van der Waals surface area (Å²) in [6.45, 7) is 3.55. The van der Waals surface area contributed by atoms with Crippen molar-refractivity contribution in [3.05, 3.63) is 12.0 Å². The van der Waals surface area contributed by atoms with Crippen LogP contribution >= 0.6 is 0 Å². The number of amides is 1. The van der Waals surface area contributed by atoms with Crippen LogP contribution in [-0.2, 0) is 15.1 Å². The van der Waals surface area contributed by atoms with Gasteiger partial charge in [0.2, 0.25) is 5.91 Å². The average Bonchev–Trinajstić information content (AvgIpc) is 2.57. The fourth-order valence-electron chi connectivity index (χ4n) is 1.61. The lowest BCUT2D eigenvalue weighted by Crippen LogP contribution is -2.32. The number of anilines is 1. The molecule has 17 heavy (non-hydrogen) atoms. The van der Waals surface area contributed by atoms with Crippen LogP contribution in [0.4, 0.5) is 5.82 Å². The van der Waals surface area contributed by atoms with Gasteiger partial charge in [-0.05, 0) is 13.8 Å². The van der Waals surface area contributed by atoms with Crippen molar-refractivity contribution in [2.24, 2.45) is 5.73 Å². The van der Waals surface area contributed by atoms with Gasteiger partial charge < -0.3 is 20.8 Å². The molecule has 0 atom stereocenters. The molecule has 0 aliphatic heterocycles. The summed E-state index contributed by atoms with van der Waals surface area (Å²) in [5, 5.41) is 0. The van der Waals surface area contributed by atoms with Gasteiger partial charge in [-0.1, -0.05) is 0 Å². The first kappa shape index (κ1) is 13.0. The number of carbonyl (C=O) groups is 2. The fourth-order valence-corrected chi connectivity index (χ4v) is 1.61. The van der Waals surface area contributed by atoms with E-state index in [1.54, 1.807) is 13.8 Å². The molecule has 0 aliphatic rings. The zero-order valence-electron chi connectivity index (χ0n) is 10.1. The second kappa shape index (κ2) is 4.44. The van der Waals surface area contributed by atoms with E-state index in [-0.39, 0.29) is 17.9 Å². The zero-order valence-corrected chi connectivity index (χ0v) is 10.1. The summed E-state index contributed by atoms with van der Waals surface area (Å²) in [6, 6.07) is 0. The maximum absolute atomic E-state index is 11.3. The third kappa shape index (κ3) is 2.55. The number of hydrogen-bond acceptors (Lipinski definition) is 5. The Labute approximate surface area is 98.7 Å². The zero-order chi connectivity index (χ0) is 13.2. The number of methoxy groups -OCH3 is 1. The Hall–Kier alpha value is -2.05. The summed E-state index contributed by atoms with van der Waals surface area (Å²) < 4.78 is 6.07. The van der Waals surface area contributed by atoms with E-state index >= 15 is 0 Å². The highest BCUT2D eigenvalue weighted by Gasteiger charge is 2.27. The molecule has 0 fully saturated rings. The fraction of sp³-hybridized carbons (Fsp3) is 0.500. The molecule has 1 heterocycles. The molecule has 1 aromatic heterocycles. The third-order valence-corrected chi connectivity index (χ3v) is 2.44. The molecule has 94 valence electrons. The molecule has 0 aromatic carbocycles. The molecule has 1 aromatic rings. The Kier molecular flexibility index (Phi) is 3.40. The van der Waals surface area contributed by atoms with Crippen molar-refractivity contribution in [3.8, 4) is 0 Å². The molecule has 4 N–H and O–H groups in total. The second-order valence-corrected chi connectivity index (χ2v) is 4.30. The smallest absolute Gasteiger partial charge is 0.360 e. The van der Waals surface area contributed by atoms with Gasteiger partial charge in [0.25, 0.3) is 0 Å². The summed E-state index contributed by atoms with van der Waals surface area (Å²) in [5.41, 5.74) is 10.3. The number of esters is 1. The molecule has 7 nitrogen and oxygen atoms in total. The highest BCUT2D eigenvalue weighted by Crippen LogP contribution is 2.25. The van der Waals surface area contributed by atoms with E-state index in [4.69, 9.17) is 11.5 Å². The van der Waals surface area contributed by atoms with Gasteiger partial charge in [-0.15, -0.1) is 0 Å². The van der Waals surface area contributed by atoms with Crippen LogP contribution in [0.5, 0.6) is 0 Å². The maximum atomic E-state index is 11.3. The Bertz CT molecular complexity index is 450. The van der Waals surface area contributed by atoms with E-state index in [2.05, 4.69) is 9.72 Å². The number of nitrogen functional groups attached to an aromatic ring is 1. The number of nitrogens with zero attached hydrogens (tertiary/aromatic N) is 2. The first-order valence-corrected chi connectivity index (χ1v) is 4.99. The van der Waals surface area contributed by atoms with Crippen LogP contribution in [0.3, 0.4) is 0 Å². The van der Waals surface area contributed by atoms with E-state index < -0.39 is 17.4 Å². The molecule has 7 heteroatoms. The quantitative estimate of drug-likeness (QED) is 0.711. The van der Waals surface area contributed by atoms with Gasteiger partial charge in [0.05, 0.1) is 19.0 Å². The highest BCUT2D eigenvalue weighted by atomic mass is 16.5. The van der Waals surface area contributed by atoms with E-state index in [1.807, 2.05) is 0 Å². The third-order valence-electron chi connectivity index (χ3n) is 2.44. The Morgan fingerprint density at radius 2 is 2.12 bits per heavy atom. The van der Waals surface area contributed by atoms with Crippen molar-refractivity contribution in [3.63, 3.8) is 0 Å². The van der Waals surface area contributed by atoms with Gasteiger partial charge in [0, 0.05) is 6.42 Å². The average molecular weight is 240 g/mol.